The van der Waals surface area contributed by atoms with Crippen LogP contribution in [0.5, 0.6) is 0 Å². The number of nitrogens with one attached hydrogen (secondary N) is 1. The van der Waals surface area contributed by atoms with E-state index in [9.17, 15) is 4.79 Å². The molecular formula is C15H13Cl2N3O. The zero-order chi connectivity index (χ0) is 15.1. The first-order valence-electron chi connectivity index (χ1n) is 6.46. The Morgan fingerprint density at radius 3 is 2.67 bits per heavy atom. The number of rotatable bonds is 2. The summed E-state index contributed by atoms with van der Waals surface area (Å²) in [6.07, 6.45) is 0. The van der Waals surface area contributed by atoms with Crippen molar-refractivity contribution in [2.75, 3.05) is 0 Å². The van der Waals surface area contributed by atoms with Crippen LogP contribution in [0.25, 0.3) is 11.0 Å². The molecule has 1 aromatic carbocycles. The lowest BCUT2D eigenvalue weighted by atomic mass is 10.2. The summed E-state index contributed by atoms with van der Waals surface area (Å²) < 4.78 is 1.63. The van der Waals surface area contributed by atoms with Gasteiger partial charge in [0.1, 0.15) is 11.5 Å². The molecule has 108 valence electrons. The van der Waals surface area contributed by atoms with Crippen molar-refractivity contribution >= 4 is 34.2 Å². The second-order valence-electron chi connectivity index (χ2n) is 5.01. The molecule has 3 aromatic rings. The Bertz CT molecular complexity index is 896. The van der Waals surface area contributed by atoms with Crippen molar-refractivity contribution in [2.45, 2.75) is 20.4 Å². The fourth-order valence-electron chi connectivity index (χ4n) is 2.35. The highest BCUT2D eigenvalue weighted by Crippen LogP contribution is 2.23. The van der Waals surface area contributed by atoms with Gasteiger partial charge in [-0.2, -0.15) is 0 Å². The lowest BCUT2D eigenvalue weighted by Crippen LogP contribution is -2.24. The molecule has 6 heteroatoms. The number of H-pyrrole nitrogens is 1. The van der Waals surface area contributed by atoms with Gasteiger partial charge in [0.15, 0.2) is 0 Å². The molecule has 0 radical (unpaired) electrons. The third-order valence-corrected chi connectivity index (χ3v) is 4.14. The molecule has 0 bridgehead atoms. The summed E-state index contributed by atoms with van der Waals surface area (Å²) in [5, 5.41) is 1.57. The van der Waals surface area contributed by atoms with Gasteiger partial charge in [-0.05, 0) is 37.6 Å². The second-order valence-corrected chi connectivity index (χ2v) is 5.83. The van der Waals surface area contributed by atoms with Crippen LogP contribution in [0.1, 0.15) is 17.1 Å². The lowest BCUT2D eigenvalue weighted by Gasteiger charge is -2.10. The van der Waals surface area contributed by atoms with Gasteiger partial charge in [0.05, 0.1) is 22.0 Å². The molecular weight excluding hydrogens is 309 g/mol. The van der Waals surface area contributed by atoms with Crippen LogP contribution in [-0.2, 0) is 6.54 Å². The minimum absolute atomic E-state index is 0.0621. The molecule has 0 aliphatic heterocycles. The van der Waals surface area contributed by atoms with E-state index < -0.39 is 0 Å². The van der Waals surface area contributed by atoms with Crippen LogP contribution in [0.2, 0.25) is 10.0 Å². The molecule has 0 unspecified atom stereocenters. The van der Waals surface area contributed by atoms with E-state index in [2.05, 4.69) is 9.97 Å². The third-order valence-electron chi connectivity index (χ3n) is 3.40. The van der Waals surface area contributed by atoms with Gasteiger partial charge in [0, 0.05) is 5.69 Å². The van der Waals surface area contributed by atoms with Crippen LogP contribution in [0.4, 0.5) is 0 Å². The maximum atomic E-state index is 12.6. The number of aryl methyl sites for hydroxylation is 2. The first-order chi connectivity index (χ1) is 9.95. The summed E-state index contributed by atoms with van der Waals surface area (Å²) in [4.78, 5) is 20.1. The molecule has 4 nitrogen and oxygen atoms in total. The van der Waals surface area contributed by atoms with Crippen molar-refractivity contribution in [1.29, 1.82) is 0 Å². The van der Waals surface area contributed by atoms with E-state index in [-0.39, 0.29) is 5.56 Å². The quantitative estimate of drug-likeness (QED) is 0.782. The zero-order valence-corrected chi connectivity index (χ0v) is 13.1. The van der Waals surface area contributed by atoms with Crippen molar-refractivity contribution in [3.63, 3.8) is 0 Å². The Labute approximate surface area is 131 Å². The summed E-state index contributed by atoms with van der Waals surface area (Å²) in [7, 11) is 0. The van der Waals surface area contributed by atoms with Crippen molar-refractivity contribution in [3.05, 3.63) is 61.7 Å². The van der Waals surface area contributed by atoms with Gasteiger partial charge < -0.3 is 4.98 Å². The normalized spacial score (nSPS) is 11.2. The molecule has 0 fully saturated rings. The van der Waals surface area contributed by atoms with E-state index in [0.717, 1.165) is 11.3 Å². The molecule has 0 saturated carbocycles. The average molecular weight is 322 g/mol. The molecule has 21 heavy (non-hydrogen) atoms. The van der Waals surface area contributed by atoms with Crippen LogP contribution in [0.3, 0.4) is 0 Å². The first-order valence-corrected chi connectivity index (χ1v) is 7.22. The summed E-state index contributed by atoms with van der Waals surface area (Å²) in [5.74, 6) is 0.653. The summed E-state index contributed by atoms with van der Waals surface area (Å²) >= 11 is 11.9. The van der Waals surface area contributed by atoms with Gasteiger partial charge in [0.25, 0.3) is 5.56 Å². The standard InChI is InChI=1S/C15H13Cl2N3O/c1-8-5-11-14(18-8)19-9(2)20(15(11)21)7-10-3-4-12(16)13(17)6-10/h3-6,18H,7H2,1-2H3. The number of halogens is 2. The predicted octanol–water partition coefficient (Wildman–Crippen LogP) is 3.70. The first kappa shape index (κ1) is 14.2. The molecule has 1 N–H and O–H groups in total. The molecule has 0 spiro atoms. The number of hydrogen-bond donors (Lipinski definition) is 1. The Kier molecular flexibility index (Phi) is 3.51. The lowest BCUT2D eigenvalue weighted by molar-refractivity contribution is 0.712. The third kappa shape index (κ3) is 2.57. The monoisotopic (exact) mass is 321 g/mol. The SMILES string of the molecule is Cc1cc2c(=O)n(Cc3ccc(Cl)c(Cl)c3)c(C)nc2[nH]1. The number of nitrogens with zero attached hydrogens (tertiary/aromatic N) is 2. The van der Waals surface area contributed by atoms with E-state index in [1.54, 1.807) is 16.7 Å². The van der Waals surface area contributed by atoms with E-state index >= 15 is 0 Å². The topological polar surface area (TPSA) is 50.7 Å². The highest BCUT2D eigenvalue weighted by molar-refractivity contribution is 6.42. The second kappa shape index (κ2) is 5.20. The van der Waals surface area contributed by atoms with Crippen molar-refractivity contribution in [2.24, 2.45) is 0 Å². The number of aromatic amines is 1. The van der Waals surface area contributed by atoms with Crippen molar-refractivity contribution < 1.29 is 0 Å². The van der Waals surface area contributed by atoms with E-state index in [1.165, 1.54) is 0 Å². The summed E-state index contributed by atoms with van der Waals surface area (Å²) in [5.41, 5.74) is 2.39. The fraction of sp³-hybridized carbons (Fsp3) is 0.200. The number of aromatic nitrogens is 3. The Hall–Kier alpha value is -1.78. The Morgan fingerprint density at radius 1 is 1.19 bits per heavy atom. The minimum atomic E-state index is -0.0621. The van der Waals surface area contributed by atoms with Gasteiger partial charge in [-0.25, -0.2) is 4.98 Å². The smallest absolute Gasteiger partial charge is 0.263 e. The van der Waals surface area contributed by atoms with Crippen LogP contribution < -0.4 is 5.56 Å². The van der Waals surface area contributed by atoms with Gasteiger partial charge in [-0.15, -0.1) is 0 Å². The zero-order valence-electron chi connectivity index (χ0n) is 11.6. The maximum absolute atomic E-state index is 12.6. The fourth-order valence-corrected chi connectivity index (χ4v) is 2.67. The molecule has 0 aliphatic carbocycles. The van der Waals surface area contributed by atoms with E-state index in [4.69, 9.17) is 23.2 Å². The number of benzene rings is 1. The van der Waals surface area contributed by atoms with Crippen LogP contribution in [-0.4, -0.2) is 14.5 Å². The van der Waals surface area contributed by atoms with Crippen molar-refractivity contribution in [1.82, 2.24) is 14.5 Å². The van der Waals surface area contributed by atoms with Crippen LogP contribution in [0, 0.1) is 13.8 Å². The molecule has 0 atom stereocenters. The molecule has 2 heterocycles. The van der Waals surface area contributed by atoms with Gasteiger partial charge in [-0.1, -0.05) is 29.3 Å². The van der Waals surface area contributed by atoms with Gasteiger partial charge >= 0.3 is 0 Å². The van der Waals surface area contributed by atoms with Crippen LogP contribution in [0.15, 0.2) is 29.1 Å². The number of fused-ring (bicyclic) bond motifs is 1. The van der Waals surface area contributed by atoms with E-state index in [1.807, 2.05) is 26.0 Å². The van der Waals surface area contributed by atoms with Gasteiger partial charge in [-0.3, -0.25) is 9.36 Å². The summed E-state index contributed by atoms with van der Waals surface area (Å²) in [6, 6.07) is 7.16. The molecule has 0 saturated heterocycles. The average Bonchev–Trinajstić information content (AvgIpc) is 2.79. The van der Waals surface area contributed by atoms with Gasteiger partial charge in [0.2, 0.25) is 0 Å². The van der Waals surface area contributed by atoms with Crippen LogP contribution >= 0.6 is 23.2 Å². The maximum Gasteiger partial charge on any atom is 0.263 e. The molecule has 0 amide bonds. The molecule has 2 aromatic heterocycles. The molecule has 3 rings (SSSR count). The molecule has 0 aliphatic rings. The predicted molar refractivity (Wildman–Crippen MR) is 85.4 cm³/mol. The number of hydrogen-bond acceptors (Lipinski definition) is 2. The van der Waals surface area contributed by atoms with E-state index in [0.29, 0.717) is 33.4 Å². The summed E-state index contributed by atoms with van der Waals surface area (Å²) in [6.45, 7) is 4.13. The Morgan fingerprint density at radius 2 is 1.95 bits per heavy atom. The highest BCUT2D eigenvalue weighted by Gasteiger charge is 2.11. The van der Waals surface area contributed by atoms with Crippen molar-refractivity contribution in [3.8, 4) is 0 Å². The largest absolute Gasteiger partial charge is 0.343 e. The minimum Gasteiger partial charge on any atom is -0.343 e. The highest BCUT2D eigenvalue weighted by atomic mass is 35.5. The Balaban J connectivity index is 2.11.